The number of carbonyl (C=O) groups excluding carboxylic acids is 2. The van der Waals surface area contributed by atoms with Crippen LogP contribution in [-0.4, -0.2) is 53.2 Å². The fourth-order valence-electron chi connectivity index (χ4n) is 2.81. The molecule has 0 radical (unpaired) electrons. The van der Waals surface area contributed by atoms with Crippen molar-refractivity contribution in [3.05, 3.63) is 35.7 Å². The van der Waals surface area contributed by atoms with Crippen LogP contribution in [0.25, 0.3) is 11.4 Å². The Morgan fingerprint density at radius 3 is 3.08 bits per heavy atom. The zero-order valence-corrected chi connectivity index (χ0v) is 14.2. The van der Waals surface area contributed by atoms with Crippen LogP contribution in [0.3, 0.4) is 0 Å². The van der Waals surface area contributed by atoms with E-state index < -0.39 is 12.0 Å². The van der Waals surface area contributed by atoms with Crippen molar-refractivity contribution in [2.75, 3.05) is 20.2 Å². The van der Waals surface area contributed by atoms with Gasteiger partial charge in [-0.1, -0.05) is 28.9 Å². The van der Waals surface area contributed by atoms with E-state index in [1.165, 1.54) is 7.11 Å². The van der Waals surface area contributed by atoms with Crippen molar-refractivity contribution in [2.24, 2.45) is 0 Å². The van der Waals surface area contributed by atoms with Crippen LogP contribution in [0.15, 0.2) is 28.8 Å². The lowest BCUT2D eigenvalue weighted by Gasteiger charge is -2.33. The third kappa shape index (κ3) is 4.03. The van der Waals surface area contributed by atoms with Crippen LogP contribution in [0, 0.1) is 6.92 Å². The van der Waals surface area contributed by atoms with Gasteiger partial charge in [0.15, 0.2) is 0 Å². The Morgan fingerprint density at radius 2 is 2.32 bits per heavy atom. The lowest BCUT2D eigenvalue weighted by molar-refractivity contribution is -0.146. The maximum Gasteiger partial charge on any atom is 0.307 e. The fourth-order valence-corrected chi connectivity index (χ4v) is 2.81. The Labute approximate surface area is 145 Å². The Hall–Kier alpha value is -2.74. The SMILES string of the molecule is COC(=O)C[C@@H]1C(=O)NCCN1Cc1nc(-c2cccc(C)c2)no1. The number of benzene rings is 1. The number of piperazine rings is 1. The monoisotopic (exact) mass is 344 g/mol. The highest BCUT2D eigenvalue weighted by atomic mass is 16.5. The number of amides is 1. The molecule has 132 valence electrons. The number of hydrogen-bond donors (Lipinski definition) is 1. The van der Waals surface area contributed by atoms with Crippen LogP contribution in [-0.2, 0) is 20.9 Å². The zero-order chi connectivity index (χ0) is 17.8. The van der Waals surface area contributed by atoms with Crippen LogP contribution >= 0.6 is 0 Å². The molecule has 1 fully saturated rings. The van der Waals surface area contributed by atoms with Crippen LogP contribution in [0.4, 0.5) is 0 Å². The van der Waals surface area contributed by atoms with Crippen LogP contribution < -0.4 is 5.32 Å². The van der Waals surface area contributed by atoms with Crippen molar-refractivity contribution < 1.29 is 18.8 Å². The van der Waals surface area contributed by atoms with Gasteiger partial charge in [-0.3, -0.25) is 14.5 Å². The zero-order valence-electron chi connectivity index (χ0n) is 14.2. The molecule has 2 heterocycles. The number of aryl methyl sites for hydroxylation is 1. The molecule has 3 rings (SSSR count). The van der Waals surface area contributed by atoms with E-state index in [0.29, 0.717) is 31.3 Å². The first-order chi connectivity index (χ1) is 12.1. The van der Waals surface area contributed by atoms with Crippen molar-refractivity contribution in [3.8, 4) is 11.4 Å². The number of hydrogen-bond acceptors (Lipinski definition) is 7. The molecule has 2 aromatic rings. The molecule has 1 aromatic heterocycles. The van der Waals surface area contributed by atoms with Crippen molar-refractivity contribution >= 4 is 11.9 Å². The van der Waals surface area contributed by atoms with Gasteiger partial charge < -0.3 is 14.6 Å². The number of methoxy groups -OCH3 is 1. The average Bonchev–Trinajstić information content (AvgIpc) is 3.06. The Balaban J connectivity index is 1.74. The van der Waals surface area contributed by atoms with Crippen molar-refractivity contribution in [1.82, 2.24) is 20.4 Å². The molecule has 1 aliphatic rings. The summed E-state index contributed by atoms with van der Waals surface area (Å²) in [6.45, 7) is 3.40. The summed E-state index contributed by atoms with van der Waals surface area (Å²) in [6, 6.07) is 7.21. The quantitative estimate of drug-likeness (QED) is 0.805. The molecule has 1 saturated heterocycles. The van der Waals surface area contributed by atoms with Gasteiger partial charge in [0.2, 0.25) is 17.6 Å². The summed E-state index contributed by atoms with van der Waals surface area (Å²) >= 11 is 0. The van der Waals surface area contributed by atoms with Gasteiger partial charge in [-0.05, 0) is 13.0 Å². The molecular formula is C17H20N4O4. The third-order valence-corrected chi connectivity index (χ3v) is 4.11. The molecule has 8 heteroatoms. The minimum absolute atomic E-state index is 0.0127. The number of carbonyl (C=O) groups is 2. The van der Waals surface area contributed by atoms with E-state index in [1.807, 2.05) is 36.1 Å². The second-order valence-electron chi connectivity index (χ2n) is 5.94. The summed E-state index contributed by atoms with van der Waals surface area (Å²) in [5.41, 5.74) is 1.98. The second kappa shape index (κ2) is 7.43. The second-order valence-corrected chi connectivity index (χ2v) is 5.94. The molecule has 25 heavy (non-hydrogen) atoms. The number of ether oxygens (including phenoxy) is 1. The van der Waals surface area contributed by atoms with Crippen LogP contribution in [0.5, 0.6) is 0 Å². The molecule has 1 atom stereocenters. The van der Waals surface area contributed by atoms with Crippen LogP contribution in [0.2, 0.25) is 0 Å². The molecule has 0 aliphatic carbocycles. The summed E-state index contributed by atoms with van der Waals surface area (Å²) in [6.07, 6.45) is -0.0127. The molecule has 1 amide bonds. The summed E-state index contributed by atoms with van der Waals surface area (Å²) in [7, 11) is 1.31. The molecule has 0 saturated carbocycles. The van der Waals surface area contributed by atoms with Crippen molar-refractivity contribution in [2.45, 2.75) is 25.9 Å². The number of esters is 1. The number of aromatic nitrogens is 2. The molecule has 1 aliphatic heterocycles. The maximum absolute atomic E-state index is 12.1. The average molecular weight is 344 g/mol. The minimum Gasteiger partial charge on any atom is -0.469 e. The smallest absolute Gasteiger partial charge is 0.307 e. The number of rotatable bonds is 5. The minimum atomic E-state index is -0.601. The summed E-state index contributed by atoms with van der Waals surface area (Å²) in [4.78, 5) is 29.9. The van der Waals surface area contributed by atoms with Gasteiger partial charge in [0.05, 0.1) is 20.1 Å². The van der Waals surface area contributed by atoms with E-state index in [2.05, 4.69) is 20.2 Å². The molecule has 0 unspecified atom stereocenters. The summed E-state index contributed by atoms with van der Waals surface area (Å²) < 4.78 is 10.0. The van der Waals surface area contributed by atoms with Gasteiger partial charge in [-0.2, -0.15) is 4.98 Å². The van der Waals surface area contributed by atoms with E-state index in [1.54, 1.807) is 0 Å². The van der Waals surface area contributed by atoms with Gasteiger partial charge in [-0.15, -0.1) is 0 Å². The summed E-state index contributed by atoms with van der Waals surface area (Å²) in [5.74, 6) is 0.277. The van der Waals surface area contributed by atoms with Gasteiger partial charge in [0.25, 0.3) is 0 Å². The first kappa shape index (κ1) is 17.1. The first-order valence-corrected chi connectivity index (χ1v) is 8.05. The number of nitrogens with one attached hydrogen (secondary N) is 1. The molecule has 0 spiro atoms. The van der Waals surface area contributed by atoms with Crippen molar-refractivity contribution in [3.63, 3.8) is 0 Å². The van der Waals surface area contributed by atoms with E-state index in [9.17, 15) is 9.59 Å². The molecule has 1 aromatic carbocycles. The highest BCUT2D eigenvalue weighted by Crippen LogP contribution is 2.19. The topological polar surface area (TPSA) is 97.6 Å². The van der Waals surface area contributed by atoms with E-state index in [0.717, 1.165) is 11.1 Å². The highest BCUT2D eigenvalue weighted by Gasteiger charge is 2.33. The van der Waals surface area contributed by atoms with Gasteiger partial charge in [-0.25, -0.2) is 0 Å². The Bertz CT molecular complexity index is 774. The normalized spacial score (nSPS) is 18.0. The Morgan fingerprint density at radius 1 is 1.48 bits per heavy atom. The van der Waals surface area contributed by atoms with Crippen LogP contribution in [0.1, 0.15) is 17.9 Å². The molecule has 8 nitrogen and oxygen atoms in total. The van der Waals surface area contributed by atoms with Gasteiger partial charge in [0, 0.05) is 18.7 Å². The van der Waals surface area contributed by atoms with E-state index >= 15 is 0 Å². The van der Waals surface area contributed by atoms with E-state index in [-0.39, 0.29) is 12.3 Å². The van der Waals surface area contributed by atoms with Crippen molar-refractivity contribution in [1.29, 1.82) is 0 Å². The van der Waals surface area contributed by atoms with Gasteiger partial charge in [0.1, 0.15) is 6.04 Å². The van der Waals surface area contributed by atoms with E-state index in [4.69, 9.17) is 4.52 Å². The predicted molar refractivity (Wildman–Crippen MR) is 88.3 cm³/mol. The predicted octanol–water partition coefficient (Wildman–Crippen LogP) is 0.909. The molecule has 1 N–H and O–H groups in total. The highest BCUT2D eigenvalue weighted by molar-refractivity contribution is 5.87. The molecular weight excluding hydrogens is 324 g/mol. The fraction of sp³-hybridized carbons (Fsp3) is 0.412. The summed E-state index contributed by atoms with van der Waals surface area (Å²) in [5, 5.41) is 6.77. The lowest BCUT2D eigenvalue weighted by atomic mass is 10.1. The third-order valence-electron chi connectivity index (χ3n) is 4.11. The standard InChI is InChI=1S/C17H20N4O4/c1-11-4-3-5-12(8-11)16-19-14(25-20-16)10-21-7-6-18-17(23)13(21)9-15(22)24-2/h3-5,8,13H,6-7,9-10H2,1-2H3,(H,18,23)/t13-/m1/s1. The Kier molecular flexibility index (Phi) is 5.08. The maximum atomic E-state index is 12.1. The number of nitrogens with zero attached hydrogens (tertiary/aromatic N) is 3. The largest absolute Gasteiger partial charge is 0.469 e. The van der Waals surface area contributed by atoms with Gasteiger partial charge >= 0.3 is 5.97 Å². The lowest BCUT2D eigenvalue weighted by Crippen LogP contribution is -2.55. The first-order valence-electron chi connectivity index (χ1n) is 8.05. The molecule has 0 bridgehead atoms.